The lowest BCUT2D eigenvalue weighted by Crippen LogP contribution is -2.46. The van der Waals surface area contributed by atoms with Crippen LogP contribution in [0.15, 0.2) is 67.0 Å². The summed E-state index contributed by atoms with van der Waals surface area (Å²) in [7, 11) is 1.85. The molecule has 7 nitrogen and oxygen atoms in total. The van der Waals surface area contributed by atoms with Gasteiger partial charge in [0.05, 0.1) is 17.7 Å². The number of carbonyl (C=O) groups excluding carboxylic acids is 1. The molecule has 0 bridgehead atoms. The van der Waals surface area contributed by atoms with E-state index in [-0.39, 0.29) is 24.2 Å². The maximum absolute atomic E-state index is 14.1. The summed E-state index contributed by atoms with van der Waals surface area (Å²) in [5.41, 5.74) is 1.80. The molecule has 4 aromatic rings. The van der Waals surface area contributed by atoms with Crippen LogP contribution in [0.2, 0.25) is 0 Å². The normalized spacial score (nSPS) is 16.2. The van der Waals surface area contributed by atoms with E-state index in [9.17, 15) is 23.1 Å². The molecule has 0 saturated heterocycles. The van der Waals surface area contributed by atoms with Crippen LogP contribution in [0.25, 0.3) is 22.5 Å². The molecule has 2 heterocycles. The van der Waals surface area contributed by atoms with Gasteiger partial charge in [0, 0.05) is 37.0 Å². The Kier molecular flexibility index (Phi) is 6.47. The predicted molar refractivity (Wildman–Crippen MR) is 144 cm³/mol. The van der Waals surface area contributed by atoms with Crippen molar-refractivity contribution >= 4 is 11.6 Å². The zero-order valence-corrected chi connectivity index (χ0v) is 21.9. The van der Waals surface area contributed by atoms with Crippen LogP contribution in [-0.2, 0) is 26.3 Å². The maximum atomic E-state index is 14.1. The predicted octanol–water partition coefficient (Wildman–Crippen LogP) is 5.33. The van der Waals surface area contributed by atoms with Crippen molar-refractivity contribution in [3.05, 3.63) is 89.2 Å². The monoisotopic (exact) mass is 547 g/mol. The van der Waals surface area contributed by atoms with Crippen LogP contribution >= 0.6 is 0 Å². The minimum absolute atomic E-state index is 0.0243. The molecule has 0 unspecified atom stereocenters. The van der Waals surface area contributed by atoms with Gasteiger partial charge in [-0.3, -0.25) is 4.79 Å². The number of nitrogens with zero attached hydrogens (tertiary/aromatic N) is 4. The first-order chi connectivity index (χ1) is 19.1. The Morgan fingerprint density at radius 2 is 1.80 bits per heavy atom. The van der Waals surface area contributed by atoms with Crippen LogP contribution in [0.1, 0.15) is 46.3 Å². The third kappa shape index (κ3) is 4.77. The Balaban J connectivity index is 1.32. The van der Waals surface area contributed by atoms with Gasteiger partial charge in [0.2, 0.25) is 0 Å². The average Bonchev–Trinajstić information content (AvgIpc) is 3.49. The van der Waals surface area contributed by atoms with Crippen molar-refractivity contribution in [2.45, 2.75) is 44.1 Å². The fourth-order valence-electron chi connectivity index (χ4n) is 5.53. The molecule has 2 aliphatic rings. The molecule has 1 aliphatic carbocycles. The Bertz CT molecular complexity index is 1590. The second-order valence-corrected chi connectivity index (χ2v) is 10.6. The van der Waals surface area contributed by atoms with Crippen LogP contribution in [-0.4, -0.2) is 37.9 Å². The van der Waals surface area contributed by atoms with E-state index in [1.54, 1.807) is 23.0 Å². The number of anilines is 1. The first kappa shape index (κ1) is 26.2. The Morgan fingerprint density at radius 3 is 2.48 bits per heavy atom. The van der Waals surface area contributed by atoms with Crippen molar-refractivity contribution < 1.29 is 23.1 Å². The van der Waals surface area contributed by atoms with Gasteiger partial charge in [-0.15, -0.1) is 10.2 Å². The van der Waals surface area contributed by atoms with Crippen LogP contribution in [0.5, 0.6) is 0 Å². The molecule has 1 aliphatic heterocycles. The summed E-state index contributed by atoms with van der Waals surface area (Å²) in [6.07, 6.45) is -0.715. The molecule has 40 heavy (non-hydrogen) atoms. The highest BCUT2D eigenvalue weighted by Gasteiger charge is 2.40. The lowest BCUT2D eigenvalue weighted by Gasteiger charge is -2.36. The number of aryl methyl sites for hydroxylation is 1. The number of alkyl halides is 3. The first-order valence-electron chi connectivity index (χ1n) is 13.1. The standard InChI is InChI=1S/C30H28F3N5O2/c1-37-18-35-36-27(37)23-9-3-2-8-22(23)20-6-4-7-21(14-20)38-16-25-24(28(38)39)12-19(13-26(25)30(31,32)33)15-34-17-29(40)10-5-11-29/h2-4,6-9,12-14,18,34,40H,5,10-11,15-17H2,1H3. The van der Waals surface area contributed by atoms with Gasteiger partial charge in [-0.05, 0) is 65.8 Å². The highest BCUT2D eigenvalue weighted by Crippen LogP contribution is 2.41. The van der Waals surface area contributed by atoms with E-state index in [0.717, 1.165) is 29.2 Å². The molecule has 0 radical (unpaired) electrons. The molecule has 1 saturated carbocycles. The second kappa shape index (κ2) is 9.87. The topological polar surface area (TPSA) is 83.3 Å². The minimum atomic E-state index is -4.61. The molecule has 3 aromatic carbocycles. The summed E-state index contributed by atoms with van der Waals surface area (Å²) in [5, 5.41) is 21.6. The van der Waals surface area contributed by atoms with Gasteiger partial charge in [-0.25, -0.2) is 0 Å². The molecule has 0 atom stereocenters. The highest BCUT2D eigenvalue weighted by atomic mass is 19.4. The molecule has 1 fully saturated rings. The number of rotatable bonds is 7. The van der Waals surface area contributed by atoms with E-state index in [1.807, 2.05) is 43.4 Å². The van der Waals surface area contributed by atoms with E-state index in [1.165, 1.54) is 11.0 Å². The van der Waals surface area contributed by atoms with Gasteiger partial charge in [-0.1, -0.05) is 36.4 Å². The van der Waals surface area contributed by atoms with Gasteiger partial charge in [-0.2, -0.15) is 13.2 Å². The summed E-state index contributed by atoms with van der Waals surface area (Å²) in [6.45, 7) is 0.249. The van der Waals surface area contributed by atoms with Crippen LogP contribution in [0, 0.1) is 0 Å². The quantitative estimate of drug-likeness (QED) is 0.327. The number of carbonyl (C=O) groups is 1. The number of hydrogen-bond donors (Lipinski definition) is 2. The summed E-state index contributed by atoms with van der Waals surface area (Å²) in [6, 6.07) is 17.5. The van der Waals surface area contributed by atoms with E-state index in [2.05, 4.69) is 15.5 Å². The van der Waals surface area contributed by atoms with E-state index in [4.69, 9.17) is 0 Å². The third-order valence-electron chi connectivity index (χ3n) is 7.82. The van der Waals surface area contributed by atoms with Crippen molar-refractivity contribution in [3.63, 3.8) is 0 Å². The summed E-state index contributed by atoms with van der Waals surface area (Å²) >= 11 is 0. The van der Waals surface area contributed by atoms with E-state index >= 15 is 0 Å². The van der Waals surface area contributed by atoms with Crippen molar-refractivity contribution in [2.75, 3.05) is 11.4 Å². The second-order valence-electron chi connectivity index (χ2n) is 10.6. The highest BCUT2D eigenvalue weighted by molar-refractivity contribution is 6.10. The molecule has 2 N–H and O–H groups in total. The third-order valence-corrected chi connectivity index (χ3v) is 7.82. The summed E-state index contributed by atoms with van der Waals surface area (Å²) in [4.78, 5) is 14.9. The number of hydrogen-bond acceptors (Lipinski definition) is 5. The molecular formula is C30H28F3N5O2. The number of benzene rings is 3. The van der Waals surface area contributed by atoms with Crippen LogP contribution in [0.3, 0.4) is 0 Å². The zero-order valence-electron chi connectivity index (χ0n) is 21.9. The lowest BCUT2D eigenvalue weighted by atomic mass is 9.80. The Morgan fingerprint density at radius 1 is 1.02 bits per heavy atom. The average molecular weight is 548 g/mol. The molecule has 1 aromatic heterocycles. The summed E-state index contributed by atoms with van der Waals surface area (Å²) in [5.74, 6) is 0.199. The minimum Gasteiger partial charge on any atom is -0.389 e. The van der Waals surface area contributed by atoms with Gasteiger partial charge in [0.1, 0.15) is 6.33 Å². The van der Waals surface area contributed by atoms with Crippen LogP contribution in [0.4, 0.5) is 18.9 Å². The van der Waals surface area contributed by atoms with Crippen LogP contribution < -0.4 is 10.2 Å². The molecule has 206 valence electrons. The van der Waals surface area contributed by atoms with Gasteiger partial charge in [0.15, 0.2) is 5.82 Å². The Labute approximate surface area is 229 Å². The number of fused-ring (bicyclic) bond motifs is 1. The Hall–Kier alpha value is -4.02. The molecular weight excluding hydrogens is 519 g/mol. The first-order valence-corrected chi connectivity index (χ1v) is 13.1. The number of amides is 1. The largest absolute Gasteiger partial charge is 0.416 e. The van der Waals surface area contributed by atoms with Crippen molar-refractivity contribution in [1.82, 2.24) is 20.1 Å². The number of aliphatic hydroxyl groups is 1. The van der Waals surface area contributed by atoms with E-state index < -0.39 is 23.2 Å². The van der Waals surface area contributed by atoms with Crippen molar-refractivity contribution in [3.8, 4) is 22.5 Å². The van der Waals surface area contributed by atoms with Gasteiger partial charge in [0.25, 0.3) is 5.91 Å². The number of nitrogens with one attached hydrogen (secondary N) is 1. The molecule has 10 heteroatoms. The fourth-order valence-corrected chi connectivity index (χ4v) is 5.53. The lowest BCUT2D eigenvalue weighted by molar-refractivity contribution is -0.138. The van der Waals surface area contributed by atoms with Crippen molar-refractivity contribution in [1.29, 1.82) is 0 Å². The van der Waals surface area contributed by atoms with Gasteiger partial charge < -0.3 is 19.9 Å². The SMILES string of the molecule is Cn1cnnc1-c1ccccc1-c1cccc(N2Cc3c(cc(CNCC4(O)CCC4)cc3C(F)(F)F)C2=O)c1. The molecule has 1 amide bonds. The van der Waals surface area contributed by atoms with Crippen molar-refractivity contribution in [2.24, 2.45) is 7.05 Å². The fraction of sp³-hybridized carbons (Fsp3) is 0.300. The summed E-state index contributed by atoms with van der Waals surface area (Å²) < 4.78 is 44.3. The zero-order chi connectivity index (χ0) is 28.1. The molecule has 0 spiro atoms. The number of halogens is 3. The van der Waals surface area contributed by atoms with E-state index in [0.29, 0.717) is 36.5 Å². The smallest absolute Gasteiger partial charge is 0.389 e. The molecule has 6 rings (SSSR count). The number of aromatic nitrogens is 3. The van der Waals surface area contributed by atoms with Gasteiger partial charge >= 0.3 is 6.18 Å². The maximum Gasteiger partial charge on any atom is 0.416 e.